The fraction of sp³-hybridized carbons (Fsp3) is 0.484. The van der Waals surface area contributed by atoms with E-state index < -0.39 is 5.82 Å². The van der Waals surface area contributed by atoms with Gasteiger partial charge in [0.1, 0.15) is 23.9 Å². The van der Waals surface area contributed by atoms with E-state index in [0.717, 1.165) is 36.0 Å². The number of hydrogen-bond donors (Lipinski definition) is 0. The van der Waals surface area contributed by atoms with Gasteiger partial charge in [-0.25, -0.2) is 9.37 Å². The fourth-order valence-electron chi connectivity index (χ4n) is 5.64. The van der Waals surface area contributed by atoms with Crippen LogP contribution in [0.1, 0.15) is 82.5 Å². The molecule has 0 aliphatic heterocycles. The minimum atomic E-state index is -0.396. The predicted molar refractivity (Wildman–Crippen MR) is 148 cm³/mol. The van der Waals surface area contributed by atoms with E-state index in [0.29, 0.717) is 51.4 Å². The third-order valence-corrected chi connectivity index (χ3v) is 8.15. The van der Waals surface area contributed by atoms with E-state index in [1.165, 1.54) is 18.9 Å². The molecule has 3 aromatic rings. The van der Waals surface area contributed by atoms with Gasteiger partial charge in [-0.3, -0.25) is 0 Å². The summed E-state index contributed by atoms with van der Waals surface area (Å²) >= 11 is 6.62. The molecule has 0 radical (unpaired) electrons. The number of ether oxygens (including phenoxy) is 2. The van der Waals surface area contributed by atoms with Gasteiger partial charge in [-0.1, -0.05) is 50.5 Å². The van der Waals surface area contributed by atoms with Gasteiger partial charge in [-0.15, -0.1) is 0 Å². The number of allylic oxidation sites excluding steroid dienone is 2. The first-order valence-electron chi connectivity index (χ1n) is 13.5. The van der Waals surface area contributed by atoms with Gasteiger partial charge in [0, 0.05) is 12.3 Å². The zero-order chi connectivity index (χ0) is 27.0. The van der Waals surface area contributed by atoms with Crippen molar-refractivity contribution in [3.05, 3.63) is 64.2 Å². The second kappa shape index (κ2) is 10.7. The van der Waals surface area contributed by atoms with Crippen LogP contribution in [0.3, 0.4) is 0 Å². The Morgan fingerprint density at radius 1 is 1.21 bits per heavy atom. The highest BCUT2D eigenvalue weighted by atomic mass is 35.5. The van der Waals surface area contributed by atoms with Crippen LogP contribution in [0.25, 0.3) is 16.9 Å². The first kappa shape index (κ1) is 26.7. The highest BCUT2D eigenvalue weighted by molar-refractivity contribution is 6.31. The Morgan fingerprint density at radius 3 is 2.66 bits per heavy atom. The molecule has 1 unspecified atom stereocenters. The van der Waals surface area contributed by atoms with Crippen LogP contribution >= 0.6 is 11.6 Å². The number of methoxy groups -OCH3 is 1. The number of halogens is 2. The average molecular weight is 539 g/mol. The lowest BCUT2D eigenvalue weighted by molar-refractivity contribution is 0.278. The number of pyridine rings is 1. The van der Waals surface area contributed by atoms with E-state index in [1.54, 1.807) is 25.4 Å². The van der Waals surface area contributed by atoms with Crippen molar-refractivity contribution in [3.63, 3.8) is 0 Å². The Morgan fingerprint density at radius 2 is 2.00 bits per heavy atom. The van der Waals surface area contributed by atoms with Gasteiger partial charge in [-0.2, -0.15) is 0 Å². The van der Waals surface area contributed by atoms with Gasteiger partial charge < -0.3 is 14.0 Å². The van der Waals surface area contributed by atoms with E-state index in [2.05, 4.69) is 43.9 Å². The van der Waals surface area contributed by atoms with Crippen LogP contribution < -0.4 is 9.47 Å². The summed E-state index contributed by atoms with van der Waals surface area (Å²) in [5.41, 5.74) is 3.79. The predicted octanol–water partition coefficient (Wildman–Crippen LogP) is 8.86. The first-order valence-corrected chi connectivity index (χ1v) is 13.9. The van der Waals surface area contributed by atoms with Gasteiger partial charge in [0.15, 0.2) is 5.76 Å². The van der Waals surface area contributed by atoms with Crippen LogP contribution in [0.15, 0.2) is 41.1 Å². The first-order chi connectivity index (χ1) is 18.2. The Hall–Kier alpha value is -2.86. The average Bonchev–Trinajstić information content (AvgIpc) is 3.55. The Bertz CT molecular complexity index is 1340. The second-order valence-corrected chi connectivity index (χ2v) is 12.0. The summed E-state index contributed by atoms with van der Waals surface area (Å²) in [5.74, 6) is 2.69. The fourth-order valence-corrected chi connectivity index (χ4v) is 5.88. The van der Waals surface area contributed by atoms with Gasteiger partial charge in [0.2, 0.25) is 5.88 Å². The van der Waals surface area contributed by atoms with Crippen molar-refractivity contribution in [1.29, 1.82) is 0 Å². The van der Waals surface area contributed by atoms with Crippen molar-refractivity contribution in [3.8, 4) is 23.0 Å². The molecule has 2 heterocycles. The number of benzene rings is 1. The van der Waals surface area contributed by atoms with Crippen LogP contribution in [-0.2, 0) is 6.61 Å². The van der Waals surface area contributed by atoms with Crippen LogP contribution in [0.5, 0.6) is 11.6 Å². The Kier molecular flexibility index (Phi) is 7.54. The highest BCUT2D eigenvalue weighted by Crippen LogP contribution is 2.49. The van der Waals surface area contributed by atoms with Crippen molar-refractivity contribution >= 4 is 17.2 Å². The maximum atomic E-state index is 15.0. The minimum absolute atomic E-state index is 0.107. The Labute approximate surface area is 229 Å². The van der Waals surface area contributed by atoms with E-state index in [1.807, 2.05) is 6.07 Å². The van der Waals surface area contributed by atoms with Gasteiger partial charge >= 0.3 is 0 Å². The third kappa shape index (κ3) is 5.47. The minimum Gasteiger partial charge on any atom is -0.497 e. The Balaban J connectivity index is 1.48. The number of nitrogens with zero attached hydrogens (tertiary/aromatic N) is 2. The lowest BCUT2D eigenvalue weighted by Gasteiger charge is -2.23. The molecule has 0 N–H and O–H groups in total. The van der Waals surface area contributed by atoms with Crippen molar-refractivity contribution < 1.29 is 18.4 Å². The van der Waals surface area contributed by atoms with Crippen LogP contribution in [0.4, 0.5) is 4.39 Å². The molecule has 5 rings (SSSR count). The summed E-state index contributed by atoms with van der Waals surface area (Å²) in [5, 5.41) is 5.05. The largest absolute Gasteiger partial charge is 0.497 e. The normalized spacial score (nSPS) is 17.5. The summed E-state index contributed by atoms with van der Waals surface area (Å²) in [6.07, 6.45) is 9.38. The highest BCUT2D eigenvalue weighted by Gasteiger charge is 2.36. The summed E-state index contributed by atoms with van der Waals surface area (Å²) in [7, 11) is 1.56. The third-order valence-electron chi connectivity index (χ3n) is 7.83. The molecule has 2 aliphatic carbocycles. The maximum absolute atomic E-state index is 15.0. The quantitative estimate of drug-likeness (QED) is 0.258. The molecule has 5 nitrogen and oxygen atoms in total. The van der Waals surface area contributed by atoms with Crippen LogP contribution in [0.2, 0.25) is 5.02 Å². The number of aromatic nitrogens is 2. The molecule has 1 saturated carbocycles. The zero-order valence-electron chi connectivity index (χ0n) is 22.8. The summed E-state index contributed by atoms with van der Waals surface area (Å²) in [4.78, 5) is 4.45. The lowest BCUT2D eigenvalue weighted by Crippen LogP contribution is -2.12. The van der Waals surface area contributed by atoms with E-state index in [9.17, 15) is 0 Å². The molecule has 202 valence electrons. The van der Waals surface area contributed by atoms with Gasteiger partial charge in [0.25, 0.3) is 0 Å². The lowest BCUT2D eigenvalue weighted by atomic mass is 9.80. The van der Waals surface area contributed by atoms with Crippen molar-refractivity contribution in [2.45, 2.75) is 72.3 Å². The molecular weight excluding hydrogens is 503 g/mol. The molecular formula is C31H36ClFN2O3. The molecule has 0 saturated heterocycles. The molecule has 7 heteroatoms. The van der Waals surface area contributed by atoms with Gasteiger partial charge in [0.05, 0.1) is 23.3 Å². The second-order valence-electron chi connectivity index (χ2n) is 11.6. The standard InChI is InChI=1S/C31H36ClFN2O3/c1-18(2)13-21(19-8-9-19)22-15-28(34-16-25(22)32)37-17-27-29(24-7-6-12-31(24,3)4)30(38-35-27)23-14-20(36-5)10-11-26(23)33/h7,10-11,14-16,18-19,21H,6,8-9,12-13,17H2,1-5H3. The maximum Gasteiger partial charge on any atom is 0.213 e. The summed E-state index contributed by atoms with van der Waals surface area (Å²) < 4.78 is 32.4. The monoisotopic (exact) mass is 538 g/mol. The molecule has 0 amide bonds. The molecule has 1 aromatic carbocycles. The van der Waals surface area contributed by atoms with E-state index >= 15 is 4.39 Å². The SMILES string of the molecule is COc1ccc(F)c(-c2onc(COc3cc(C(CC(C)C)C4CC4)c(Cl)cn3)c2C2=CCCC2(C)C)c1. The van der Waals surface area contributed by atoms with Crippen molar-refractivity contribution in [2.75, 3.05) is 7.11 Å². The topological polar surface area (TPSA) is 57.4 Å². The summed E-state index contributed by atoms with van der Waals surface area (Å²) in [6, 6.07) is 6.61. The summed E-state index contributed by atoms with van der Waals surface area (Å²) in [6.45, 7) is 9.01. The van der Waals surface area contributed by atoms with Crippen LogP contribution in [0, 0.1) is 23.1 Å². The zero-order valence-corrected chi connectivity index (χ0v) is 23.6. The number of hydrogen-bond acceptors (Lipinski definition) is 5. The molecule has 2 aromatic heterocycles. The molecule has 2 aliphatic rings. The molecule has 1 fully saturated rings. The number of rotatable bonds is 10. The molecule has 0 spiro atoms. The molecule has 38 heavy (non-hydrogen) atoms. The van der Waals surface area contributed by atoms with Crippen molar-refractivity contribution in [2.24, 2.45) is 17.3 Å². The van der Waals surface area contributed by atoms with Gasteiger partial charge in [-0.05, 0) is 84.6 Å². The van der Waals surface area contributed by atoms with Crippen LogP contribution in [-0.4, -0.2) is 17.3 Å². The van der Waals surface area contributed by atoms with E-state index in [-0.39, 0.29) is 12.0 Å². The smallest absolute Gasteiger partial charge is 0.213 e. The molecule has 0 bridgehead atoms. The van der Waals surface area contributed by atoms with Crippen molar-refractivity contribution in [1.82, 2.24) is 10.1 Å². The molecule has 1 atom stereocenters. The van der Waals surface area contributed by atoms with E-state index in [4.69, 9.17) is 25.6 Å².